The smallest absolute Gasteiger partial charge is 0.262 e. The lowest BCUT2D eigenvalue weighted by Crippen LogP contribution is -2.14. The fourth-order valence-electron chi connectivity index (χ4n) is 1.98. The number of hydrogen-bond donors (Lipinski definition) is 1. The highest BCUT2D eigenvalue weighted by Gasteiger charge is 2.18. The number of nitrogens with one attached hydrogen (secondary N) is 1. The number of rotatable bonds is 4. The van der Waals surface area contributed by atoms with Crippen LogP contribution in [-0.2, 0) is 10.0 Å². The Kier molecular flexibility index (Phi) is 4.41. The van der Waals surface area contributed by atoms with Gasteiger partial charge in [0, 0.05) is 17.4 Å². The Morgan fingerprint density at radius 1 is 1.00 bits per heavy atom. The molecular weight excluding hydrogens is 350 g/mol. The van der Waals surface area contributed by atoms with Crippen molar-refractivity contribution in [3.05, 3.63) is 59.6 Å². The molecule has 7 nitrogen and oxygen atoms in total. The van der Waals surface area contributed by atoms with E-state index in [1.165, 1.54) is 18.5 Å². The third kappa shape index (κ3) is 3.50. The van der Waals surface area contributed by atoms with Gasteiger partial charge < -0.3 is 0 Å². The molecule has 0 radical (unpaired) electrons. The first kappa shape index (κ1) is 16.3. The van der Waals surface area contributed by atoms with Gasteiger partial charge in [-0.1, -0.05) is 17.7 Å². The quantitative estimate of drug-likeness (QED) is 0.767. The van der Waals surface area contributed by atoms with Crippen LogP contribution in [0.2, 0.25) is 5.02 Å². The molecule has 1 N–H and O–H groups in total. The van der Waals surface area contributed by atoms with Crippen LogP contribution in [0.3, 0.4) is 0 Å². The van der Waals surface area contributed by atoms with E-state index in [0.717, 1.165) is 0 Å². The maximum atomic E-state index is 12.5. The molecule has 3 rings (SSSR count). The summed E-state index contributed by atoms with van der Waals surface area (Å²) in [6.45, 7) is 1.69. The van der Waals surface area contributed by atoms with Gasteiger partial charge in [-0.05, 0) is 30.7 Å². The van der Waals surface area contributed by atoms with E-state index in [-0.39, 0.29) is 10.6 Å². The topological polar surface area (TPSA) is 97.7 Å². The van der Waals surface area contributed by atoms with Crippen LogP contribution in [-0.4, -0.2) is 28.4 Å². The summed E-state index contributed by atoms with van der Waals surface area (Å²) in [6, 6.07) is 6.35. The van der Waals surface area contributed by atoms with Crippen LogP contribution in [0.25, 0.3) is 11.6 Å². The summed E-state index contributed by atoms with van der Waals surface area (Å²) in [4.78, 5) is 16.3. The minimum atomic E-state index is -3.79. The van der Waals surface area contributed by atoms with Crippen molar-refractivity contribution in [3.8, 4) is 11.6 Å². The summed E-state index contributed by atoms with van der Waals surface area (Å²) in [5.41, 5.74) is 0.816. The predicted molar refractivity (Wildman–Crippen MR) is 90.1 cm³/mol. The molecule has 1 aromatic carbocycles. The SMILES string of the molecule is Cc1ccc(Cl)cc1S(=O)(=O)Nc1cnc(-c2ncccn2)nc1. The van der Waals surface area contributed by atoms with Crippen LogP contribution in [0.1, 0.15) is 5.56 Å². The van der Waals surface area contributed by atoms with E-state index < -0.39 is 10.0 Å². The monoisotopic (exact) mass is 361 g/mol. The van der Waals surface area contributed by atoms with Gasteiger partial charge in [0.1, 0.15) is 0 Å². The second-order valence-corrected chi connectivity index (χ2v) is 6.97. The summed E-state index contributed by atoms with van der Waals surface area (Å²) in [5, 5.41) is 0.341. The Labute approximate surface area is 143 Å². The normalized spacial score (nSPS) is 11.2. The Bertz CT molecular complexity index is 963. The number of halogens is 1. The van der Waals surface area contributed by atoms with Crippen molar-refractivity contribution in [3.63, 3.8) is 0 Å². The number of sulfonamides is 1. The molecule has 0 unspecified atom stereocenters. The zero-order chi connectivity index (χ0) is 17.2. The van der Waals surface area contributed by atoms with Gasteiger partial charge >= 0.3 is 0 Å². The summed E-state index contributed by atoms with van der Waals surface area (Å²) < 4.78 is 27.4. The van der Waals surface area contributed by atoms with E-state index in [4.69, 9.17) is 11.6 Å². The summed E-state index contributed by atoms with van der Waals surface area (Å²) in [5.74, 6) is 0.662. The molecule has 0 aliphatic carbocycles. The zero-order valence-electron chi connectivity index (χ0n) is 12.5. The van der Waals surface area contributed by atoms with E-state index in [0.29, 0.717) is 22.2 Å². The fraction of sp³-hybridized carbons (Fsp3) is 0.0667. The van der Waals surface area contributed by atoms with Crippen LogP contribution >= 0.6 is 11.6 Å². The number of benzene rings is 1. The maximum Gasteiger partial charge on any atom is 0.262 e. The molecule has 0 fully saturated rings. The second-order valence-electron chi connectivity index (χ2n) is 4.88. The molecule has 3 aromatic rings. The lowest BCUT2D eigenvalue weighted by Gasteiger charge is -2.10. The van der Waals surface area contributed by atoms with E-state index >= 15 is 0 Å². The number of hydrogen-bond acceptors (Lipinski definition) is 6. The molecule has 2 aromatic heterocycles. The van der Waals surface area contributed by atoms with Crippen molar-refractivity contribution >= 4 is 27.3 Å². The molecule has 0 spiro atoms. The Morgan fingerprint density at radius 3 is 2.29 bits per heavy atom. The minimum Gasteiger partial charge on any atom is -0.276 e. The Morgan fingerprint density at radius 2 is 1.62 bits per heavy atom. The number of aromatic nitrogens is 4. The molecule has 9 heteroatoms. The van der Waals surface area contributed by atoms with Crippen molar-refractivity contribution in [2.24, 2.45) is 0 Å². The van der Waals surface area contributed by atoms with Crippen LogP contribution in [0.5, 0.6) is 0 Å². The number of anilines is 1. The molecule has 0 atom stereocenters. The first-order valence-electron chi connectivity index (χ1n) is 6.84. The van der Waals surface area contributed by atoms with Crippen LogP contribution in [0.4, 0.5) is 5.69 Å². The molecule has 0 amide bonds. The van der Waals surface area contributed by atoms with Gasteiger partial charge in [-0.25, -0.2) is 28.4 Å². The fourth-order valence-corrected chi connectivity index (χ4v) is 3.52. The van der Waals surface area contributed by atoms with Gasteiger partial charge in [0.15, 0.2) is 11.6 Å². The minimum absolute atomic E-state index is 0.102. The highest BCUT2D eigenvalue weighted by Crippen LogP contribution is 2.22. The van der Waals surface area contributed by atoms with Gasteiger partial charge in [0.25, 0.3) is 10.0 Å². The van der Waals surface area contributed by atoms with Crippen LogP contribution < -0.4 is 4.72 Å². The first-order chi connectivity index (χ1) is 11.5. The van der Waals surface area contributed by atoms with Gasteiger partial charge in [0.05, 0.1) is 23.0 Å². The molecule has 2 heterocycles. The van der Waals surface area contributed by atoms with E-state index in [1.807, 2.05) is 0 Å². The molecule has 0 bridgehead atoms. The van der Waals surface area contributed by atoms with Crippen LogP contribution in [0.15, 0.2) is 53.9 Å². The molecule has 24 heavy (non-hydrogen) atoms. The average molecular weight is 362 g/mol. The van der Waals surface area contributed by atoms with Crippen LogP contribution in [0, 0.1) is 6.92 Å². The molecule has 0 saturated carbocycles. The van der Waals surface area contributed by atoms with E-state index in [1.54, 1.807) is 37.5 Å². The average Bonchev–Trinajstić information content (AvgIpc) is 2.58. The highest BCUT2D eigenvalue weighted by atomic mass is 35.5. The van der Waals surface area contributed by atoms with Crippen molar-refractivity contribution < 1.29 is 8.42 Å². The standard InChI is InChI=1S/C15H12ClN5O2S/c1-10-3-4-11(16)7-13(10)24(22,23)21-12-8-19-15(20-9-12)14-17-5-2-6-18-14/h2-9,21H,1H3. The Hall–Kier alpha value is -2.58. The Balaban J connectivity index is 1.87. The van der Waals surface area contributed by atoms with Crippen molar-refractivity contribution in [1.82, 2.24) is 19.9 Å². The lowest BCUT2D eigenvalue weighted by molar-refractivity contribution is 0.600. The lowest BCUT2D eigenvalue weighted by atomic mass is 10.2. The second kappa shape index (κ2) is 6.50. The number of nitrogens with zero attached hydrogens (tertiary/aromatic N) is 4. The number of aryl methyl sites for hydroxylation is 1. The van der Waals surface area contributed by atoms with Gasteiger partial charge in [-0.2, -0.15) is 0 Å². The van der Waals surface area contributed by atoms with Gasteiger partial charge in [-0.3, -0.25) is 4.72 Å². The molecule has 0 aliphatic heterocycles. The largest absolute Gasteiger partial charge is 0.276 e. The first-order valence-corrected chi connectivity index (χ1v) is 8.70. The van der Waals surface area contributed by atoms with Gasteiger partial charge in [0.2, 0.25) is 0 Å². The molecule has 0 saturated heterocycles. The van der Waals surface area contributed by atoms with E-state index in [2.05, 4.69) is 24.7 Å². The van der Waals surface area contributed by atoms with Crippen molar-refractivity contribution in [2.75, 3.05) is 4.72 Å². The predicted octanol–water partition coefficient (Wildman–Crippen LogP) is 2.70. The zero-order valence-corrected chi connectivity index (χ0v) is 14.1. The molecule has 122 valence electrons. The van der Waals surface area contributed by atoms with E-state index in [9.17, 15) is 8.42 Å². The van der Waals surface area contributed by atoms with Gasteiger partial charge in [-0.15, -0.1) is 0 Å². The highest BCUT2D eigenvalue weighted by molar-refractivity contribution is 7.92. The third-order valence-electron chi connectivity index (χ3n) is 3.11. The molecular formula is C15H12ClN5O2S. The molecule has 0 aliphatic rings. The third-order valence-corrected chi connectivity index (χ3v) is 4.87. The van der Waals surface area contributed by atoms with Crippen molar-refractivity contribution in [1.29, 1.82) is 0 Å². The maximum absolute atomic E-state index is 12.5. The summed E-state index contributed by atoms with van der Waals surface area (Å²) >= 11 is 5.88. The van der Waals surface area contributed by atoms with Crippen molar-refractivity contribution in [2.45, 2.75) is 11.8 Å². The summed E-state index contributed by atoms with van der Waals surface area (Å²) in [7, 11) is -3.79. The summed E-state index contributed by atoms with van der Waals surface area (Å²) in [6.07, 6.45) is 5.86.